The van der Waals surface area contributed by atoms with Crippen LogP contribution in [0.2, 0.25) is 0 Å². The Morgan fingerprint density at radius 3 is 2.23 bits per heavy atom. The van der Waals surface area contributed by atoms with Crippen LogP contribution in [0.4, 0.5) is 5.69 Å². The lowest BCUT2D eigenvalue weighted by Crippen LogP contribution is -2.29. The molecule has 124 valence electrons. The summed E-state index contributed by atoms with van der Waals surface area (Å²) >= 11 is 0. The van der Waals surface area contributed by atoms with Crippen LogP contribution in [-0.4, -0.2) is 31.2 Å². The number of aryl methyl sites for hydroxylation is 3. The summed E-state index contributed by atoms with van der Waals surface area (Å²) in [5.41, 5.74) is 6.16. The van der Waals surface area contributed by atoms with Crippen molar-refractivity contribution in [1.29, 1.82) is 0 Å². The summed E-state index contributed by atoms with van der Waals surface area (Å²) in [4.78, 5) is 5.19. The average molecular weight is 303 g/mol. The maximum Gasteiger partial charge on any atom is 0.0708 e. The SMILES string of the molecule is CCCC(C)(C)CCN1CCN(c2c(C)cc(C)cc2C)C1. The first-order valence-corrected chi connectivity index (χ1v) is 8.87. The second-order valence-corrected chi connectivity index (χ2v) is 7.93. The lowest BCUT2D eigenvalue weighted by atomic mass is 9.84. The third-order valence-corrected chi connectivity index (χ3v) is 5.04. The molecule has 0 amide bonds. The normalized spacial score (nSPS) is 16.5. The summed E-state index contributed by atoms with van der Waals surface area (Å²) in [6.07, 6.45) is 3.93. The summed E-state index contributed by atoms with van der Waals surface area (Å²) in [7, 11) is 0. The van der Waals surface area contributed by atoms with Gasteiger partial charge in [0.1, 0.15) is 0 Å². The van der Waals surface area contributed by atoms with Gasteiger partial charge in [-0.05, 0) is 50.2 Å². The maximum atomic E-state index is 2.62. The van der Waals surface area contributed by atoms with Crippen LogP contribution >= 0.6 is 0 Å². The van der Waals surface area contributed by atoms with Gasteiger partial charge in [-0.25, -0.2) is 0 Å². The number of hydrogen-bond donors (Lipinski definition) is 0. The molecule has 0 aliphatic carbocycles. The van der Waals surface area contributed by atoms with E-state index >= 15 is 0 Å². The Hall–Kier alpha value is -1.02. The molecule has 2 heteroatoms. The molecule has 1 fully saturated rings. The van der Waals surface area contributed by atoms with Gasteiger partial charge in [0.2, 0.25) is 0 Å². The van der Waals surface area contributed by atoms with Gasteiger partial charge in [-0.15, -0.1) is 0 Å². The van der Waals surface area contributed by atoms with Gasteiger partial charge in [0.25, 0.3) is 0 Å². The smallest absolute Gasteiger partial charge is 0.0708 e. The molecule has 1 saturated heterocycles. The van der Waals surface area contributed by atoms with Crippen molar-refractivity contribution >= 4 is 5.69 Å². The Morgan fingerprint density at radius 2 is 1.64 bits per heavy atom. The van der Waals surface area contributed by atoms with Crippen molar-refractivity contribution in [3.63, 3.8) is 0 Å². The van der Waals surface area contributed by atoms with Crippen LogP contribution < -0.4 is 4.90 Å². The van der Waals surface area contributed by atoms with Crippen LogP contribution in [0.3, 0.4) is 0 Å². The summed E-state index contributed by atoms with van der Waals surface area (Å²) in [6, 6.07) is 4.63. The van der Waals surface area contributed by atoms with Crippen molar-refractivity contribution in [3.05, 3.63) is 28.8 Å². The van der Waals surface area contributed by atoms with E-state index in [1.807, 2.05) is 0 Å². The third kappa shape index (κ3) is 4.25. The summed E-state index contributed by atoms with van der Waals surface area (Å²) in [5.74, 6) is 0. The third-order valence-electron chi connectivity index (χ3n) is 5.04. The first kappa shape index (κ1) is 17.3. The topological polar surface area (TPSA) is 6.48 Å². The molecule has 0 spiro atoms. The van der Waals surface area contributed by atoms with Crippen LogP contribution in [-0.2, 0) is 0 Å². The van der Waals surface area contributed by atoms with Gasteiger partial charge in [-0.3, -0.25) is 4.90 Å². The molecule has 1 aliphatic heterocycles. The van der Waals surface area contributed by atoms with Gasteiger partial charge < -0.3 is 4.90 Å². The van der Waals surface area contributed by atoms with E-state index in [0.29, 0.717) is 5.41 Å². The summed E-state index contributed by atoms with van der Waals surface area (Å²) < 4.78 is 0. The number of nitrogens with zero attached hydrogens (tertiary/aromatic N) is 2. The van der Waals surface area contributed by atoms with E-state index in [9.17, 15) is 0 Å². The second kappa shape index (κ2) is 7.04. The second-order valence-electron chi connectivity index (χ2n) is 7.93. The standard InChI is InChI=1S/C20H34N2/c1-7-8-20(5,6)9-10-21-11-12-22(15-21)19-17(3)13-16(2)14-18(19)4/h13-14H,7-12,15H2,1-6H3. The van der Waals surface area contributed by atoms with Crippen LogP contribution in [0.5, 0.6) is 0 Å². The molecule has 0 unspecified atom stereocenters. The predicted molar refractivity (Wildman–Crippen MR) is 97.7 cm³/mol. The Balaban J connectivity index is 1.96. The summed E-state index contributed by atoms with van der Waals surface area (Å²) in [5, 5.41) is 0. The molecule has 1 aliphatic rings. The van der Waals surface area contributed by atoms with Crippen molar-refractivity contribution in [1.82, 2.24) is 4.90 Å². The number of anilines is 1. The first-order chi connectivity index (χ1) is 10.3. The van der Waals surface area contributed by atoms with Gasteiger partial charge in [0.15, 0.2) is 0 Å². The molecule has 1 heterocycles. The Labute approximate surface area is 137 Å². The molecular formula is C20H34N2. The van der Waals surface area contributed by atoms with E-state index in [4.69, 9.17) is 0 Å². The zero-order valence-corrected chi connectivity index (χ0v) is 15.5. The van der Waals surface area contributed by atoms with Crippen molar-refractivity contribution in [2.45, 2.75) is 60.8 Å². The molecule has 0 atom stereocenters. The molecule has 2 nitrogen and oxygen atoms in total. The molecule has 22 heavy (non-hydrogen) atoms. The number of rotatable bonds is 6. The fourth-order valence-electron chi connectivity index (χ4n) is 3.94. The van der Waals surface area contributed by atoms with E-state index in [2.05, 4.69) is 63.5 Å². The predicted octanol–water partition coefficient (Wildman–Crippen LogP) is 4.91. The van der Waals surface area contributed by atoms with Crippen LogP contribution in [0.1, 0.15) is 56.7 Å². The minimum atomic E-state index is 0.484. The van der Waals surface area contributed by atoms with Gasteiger partial charge in [0, 0.05) is 25.3 Å². The summed E-state index contributed by atoms with van der Waals surface area (Å²) in [6.45, 7) is 18.5. The molecule has 1 aromatic carbocycles. The molecule has 0 bridgehead atoms. The highest BCUT2D eigenvalue weighted by atomic mass is 15.4. The molecule has 0 radical (unpaired) electrons. The highest BCUT2D eigenvalue weighted by Gasteiger charge is 2.25. The van der Waals surface area contributed by atoms with Crippen LogP contribution in [0.25, 0.3) is 0 Å². The number of benzene rings is 1. The first-order valence-electron chi connectivity index (χ1n) is 8.87. The molecule has 1 aromatic rings. The molecule has 2 rings (SSSR count). The average Bonchev–Trinajstić information content (AvgIpc) is 2.84. The van der Waals surface area contributed by atoms with Gasteiger partial charge in [-0.1, -0.05) is 44.9 Å². The highest BCUT2D eigenvalue weighted by molar-refractivity contribution is 5.60. The van der Waals surface area contributed by atoms with Crippen molar-refractivity contribution in [2.75, 3.05) is 31.2 Å². The lowest BCUT2D eigenvalue weighted by molar-refractivity contribution is 0.236. The van der Waals surface area contributed by atoms with Crippen molar-refractivity contribution in [2.24, 2.45) is 5.41 Å². The van der Waals surface area contributed by atoms with E-state index in [1.54, 1.807) is 0 Å². The molecule has 0 N–H and O–H groups in total. The van der Waals surface area contributed by atoms with Gasteiger partial charge >= 0.3 is 0 Å². The van der Waals surface area contributed by atoms with E-state index in [1.165, 1.54) is 61.3 Å². The van der Waals surface area contributed by atoms with E-state index < -0.39 is 0 Å². The van der Waals surface area contributed by atoms with E-state index in [0.717, 1.165) is 6.67 Å². The Bertz CT molecular complexity index is 481. The lowest BCUT2D eigenvalue weighted by Gasteiger charge is -2.28. The minimum absolute atomic E-state index is 0.484. The Morgan fingerprint density at radius 1 is 1.00 bits per heavy atom. The van der Waals surface area contributed by atoms with Crippen molar-refractivity contribution in [3.8, 4) is 0 Å². The van der Waals surface area contributed by atoms with Crippen molar-refractivity contribution < 1.29 is 0 Å². The highest BCUT2D eigenvalue weighted by Crippen LogP contribution is 2.30. The number of hydrogen-bond acceptors (Lipinski definition) is 2. The molecule has 0 aromatic heterocycles. The quantitative estimate of drug-likeness (QED) is 0.737. The van der Waals surface area contributed by atoms with Crippen LogP contribution in [0.15, 0.2) is 12.1 Å². The zero-order valence-electron chi connectivity index (χ0n) is 15.5. The van der Waals surface area contributed by atoms with Crippen LogP contribution in [0, 0.1) is 26.2 Å². The maximum absolute atomic E-state index is 2.62. The Kier molecular flexibility index (Phi) is 5.55. The largest absolute Gasteiger partial charge is 0.357 e. The molecule has 0 saturated carbocycles. The fourth-order valence-corrected chi connectivity index (χ4v) is 3.94. The minimum Gasteiger partial charge on any atom is -0.357 e. The van der Waals surface area contributed by atoms with E-state index in [-0.39, 0.29) is 0 Å². The monoisotopic (exact) mass is 302 g/mol. The molecular weight excluding hydrogens is 268 g/mol. The van der Waals surface area contributed by atoms with Gasteiger partial charge in [-0.2, -0.15) is 0 Å². The van der Waals surface area contributed by atoms with Gasteiger partial charge in [0.05, 0.1) is 6.67 Å². The zero-order chi connectivity index (χ0) is 16.3. The fraction of sp³-hybridized carbons (Fsp3) is 0.700.